The van der Waals surface area contributed by atoms with Crippen LogP contribution in [-0.2, 0) is 0 Å². The predicted octanol–water partition coefficient (Wildman–Crippen LogP) is 12.1. The van der Waals surface area contributed by atoms with Gasteiger partial charge in [-0.2, -0.15) is 0 Å². The topological polar surface area (TPSA) is 61.4 Å². The van der Waals surface area contributed by atoms with Gasteiger partial charge >= 0.3 is 0 Å². The molecule has 6 heterocycles. The molecule has 11 aromatic rings. The average molecular weight is 717 g/mol. The highest BCUT2D eigenvalue weighted by Crippen LogP contribution is 2.39. The van der Waals surface area contributed by atoms with E-state index in [4.69, 9.17) is 9.97 Å². The lowest BCUT2D eigenvalue weighted by atomic mass is 9.98. The van der Waals surface area contributed by atoms with Crippen molar-refractivity contribution in [2.45, 2.75) is 0 Å². The van der Waals surface area contributed by atoms with Crippen LogP contribution >= 0.6 is 0 Å². The molecule has 0 unspecified atom stereocenters. The highest BCUT2D eigenvalue weighted by molar-refractivity contribution is 6.11. The van der Waals surface area contributed by atoms with Gasteiger partial charge in [0.05, 0.1) is 45.8 Å². The molecule has 5 aromatic carbocycles. The zero-order valence-electron chi connectivity index (χ0n) is 30.2. The van der Waals surface area contributed by atoms with Crippen molar-refractivity contribution in [2.75, 3.05) is 0 Å². The number of benzene rings is 5. The Bertz CT molecular complexity index is 3040. The van der Waals surface area contributed by atoms with E-state index in [9.17, 15) is 0 Å². The molecule has 6 nitrogen and oxygen atoms in total. The number of hydrogen-bond acceptors (Lipinski definition) is 4. The predicted molar refractivity (Wildman–Crippen MR) is 228 cm³/mol. The normalized spacial score (nSPS) is 11.6. The number of para-hydroxylation sites is 2. The molecule has 0 aliphatic heterocycles. The van der Waals surface area contributed by atoms with Gasteiger partial charge in [0.15, 0.2) is 0 Å². The van der Waals surface area contributed by atoms with E-state index in [0.717, 1.165) is 89.0 Å². The summed E-state index contributed by atoms with van der Waals surface area (Å²) in [5.41, 5.74) is 14.8. The SMILES string of the molecule is c1cncc(-c2ccccc2-c2cc3c4ccccc4n(-c4cccc(-n5c6ccccc6c6cc(-c7ccccc7-c7cccnc7)ncc65)c4)c3cn2)c1. The van der Waals surface area contributed by atoms with Crippen LogP contribution < -0.4 is 0 Å². The second kappa shape index (κ2) is 13.0. The summed E-state index contributed by atoms with van der Waals surface area (Å²) in [6.45, 7) is 0. The molecule has 0 spiro atoms. The molecule has 0 saturated carbocycles. The second-order valence-corrected chi connectivity index (χ2v) is 14.0. The van der Waals surface area contributed by atoms with E-state index in [1.165, 1.54) is 10.8 Å². The first-order valence-electron chi connectivity index (χ1n) is 18.7. The van der Waals surface area contributed by atoms with Gasteiger partial charge in [0.2, 0.25) is 0 Å². The molecule has 0 radical (unpaired) electrons. The van der Waals surface area contributed by atoms with E-state index in [2.05, 4.69) is 165 Å². The molecule has 0 aliphatic carbocycles. The minimum absolute atomic E-state index is 0.925. The van der Waals surface area contributed by atoms with Gasteiger partial charge in [-0.3, -0.25) is 19.9 Å². The van der Waals surface area contributed by atoms with E-state index in [0.29, 0.717) is 0 Å². The Morgan fingerprint density at radius 3 is 1.23 bits per heavy atom. The van der Waals surface area contributed by atoms with Crippen molar-refractivity contribution in [3.8, 4) is 56.1 Å². The largest absolute Gasteiger partial charge is 0.308 e. The molecule has 56 heavy (non-hydrogen) atoms. The Balaban J connectivity index is 1.06. The first kappa shape index (κ1) is 31.8. The maximum absolute atomic E-state index is 5.10. The second-order valence-electron chi connectivity index (χ2n) is 14.0. The van der Waals surface area contributed by atoms with Crippen molar-refractivity contribution in [1.29, 1.82) is 0 Å². The van der Waals surface area contributed by atoms with Crippen LogP contribution in [0.2, 0.25) is 0 Å². The third kappa shape index (κ3) is 5.11. The lowest BCUT2D eigenvalue weighted by Gasteiger charge is -2.13. The van der Waals surface area contributed by atoms with Gasteiger partial charge in [0, 0.05) is 80.0 Å². The van der Waals surface area contributed by atoms with Gasteiger partial charge in [-0.05, 0) is 65.7 Å². The lowest BCUT2D eigenvalue weighted by molar-refractivity contribution is 1.12. The van der Waals surface area contributed by atoms with Gasteiger partial charge in [-0.15, -0.1) is 0 Å². The molecule has 11 rings (SSSR count). The van der Waals surface area contributed by atoms with Gasteiger partial charge in [0.25, 0.3) is 0 Å². The first-order chi connectivity index (χ1) is 27.8. The average Bonchev–Trinajstić information content (AvgIpc) is 3.79. The van der Waals surface area contributed by atoms with Crippen molar-refractivity contribution in [2.24, 2.45) is 0 Å². The zero-order chi connectivity index (χ0) is 37.0. The minimum atomic E-state index is 0.925. The fourth-order valence-corrected chi connectivity index (χ4v) is 8.32. The van der Waals surface area contributed by atoms with E-state index in [1.807, 2.05) is 36.9 Å². The fourth-order valence-electron chi connectivity index (χ4n) is 8.32. The highest BCUT2D eigenvalue weighted by Gasteiger charge is 2.19. The Labute approximate surface area is 322 Å². The number of aromatic nitrogens is 6. The quantitative estimate of drug-likeness (QED) is 0.172. The Hall–Kier alpha value is -7.70. The first-order valence-corrected chi connectivity index (χ1v) is 18.7. The van der Waals surface area contributed by atoms with Crippen LogP contribution in [0.4, 0.5) is 0 Å². The number of pyridine rings is 4. The van der Waals surface area contributed by atoms with Crippen LogP contribution in [0.5, 0.6) is 0 Å². The standard InChI is InChI=1S/C50H32N6/c1-3-18-39(37(16-1)33-12-10-24-51-29-33)45-27-43-41-20-5-7-22-47(41)55(49(43)31-53-45)35-14-9-15-36(26-35)56-48-23-8-6-21-42(48)44-28-46(54-32-50(44)56)40-19-4-2-17-38(40)34-13-11-25-52-30-34/h1-32H. The van der Waals surface area contributed by atoms with Crippen LogP contribution in [0.15, 0.2) is 195 Å². The summed E-state index contributed by atoms with van der Waals surface area (Å²) in [5, 5.41) is 4.65. The zero-order valence-corrected chi connectivity index (χ0v) is 30.2. The van der Waals surface area contributed by atoms with Crippen molar-refractivity contribution >= 4 is 43.6 Å². The lowest BCUT2D eigenvalue weighted by Crippen LogP contribution is -1.99. The van der Waals surface area contributed by atoms with Crippen molar-refractivity contribution in [1.82, 2.24) is 29.1 Å². The Kier molecular flexibility index (Phi) is 7.38. The summed E-state index contributed by atoms with van der Waals surface area (Å²) in [5.74, 6) is 0. The third-order valence-corrected chi connectivity index (χ3v) is 10.8. The van der Waals surface area contributed by atoms with Crippen LogP contribution in [0.25, 0.3) is 99.8 Å². The van der Waals surface area contributed by atoms with Crippen LogP contribution in [-0.4, -0.2) is 29.1 Å². The summed E-state index contributed by atoms with van der Waals surface area (Å²) in [6, 6.07) is 55.5. The van der Waals surface area contributed by atoms with E-state index in [-0.39, 0.29) is 0 Å². The number of fused-ring (bicyclic) bond motifs is 6. The van der Waals surface area contributed by atoms with Crippen molar-refractivity contribution in [3.05, 3.63) is 195 Å². The summed E-state index contributed by atoms with van der Waals surface area (Å²) in [6.07, 6.45) is 11.5. The van der Waals surface area contributed by atoms with Crippen LogP contribution in [0.3, 0.4) is 0 Å². The van der Waals surface area contributed by atoms with Gasteiger partial charge in [-0.25, -0.2) is 0 Å². The molecular weight excluding hydrogens is 685 g/mol. The Morgan fingerprint density at radius 2 is 0.768 bits per heavy atom. The molecule has 0 N–H and O–H groups in total. The number of hydrogen-bond donors (Lipinski definition) is 0. The van der Waals surface area contributed by atoms with Crippen LogP contribution in [0.1, 0.15) is 0 Å². The molecule has 0 amide bonds. The summed E-state index contributed by atoms with van der Waals surface area (Å²) in [7, 11) is 0. The highest BCUT2D eigenvalue weighted by atomic mass is 15.0. The fraction of sp³-hybridized carbons (Fsp3) is 0. The smallest absolute Gasteiger partial charge is 0.0724 e. The van der Waals surface area contributed by atoms with Crippen LogP contribution in [0, 0.1) is 0 Å². The summed E-state index contributed by atoms with van der Waals surface area (Å²) in [4.78, 5) is 19.0. The maximum Gasteiger partial charge on any atom is 0.0724 e. The van der Waals surface area contributed by atoms with Crippen molar-refractivity contribution in [3.63, 3.8) is 0 Å². The van der Waals surface area contributed by atoms with Crippen molar-refractivity contribution < 1.29 is 0 Å². The third-order valence-electron chi connectivity index (χ3n) is 10.8. The molecule has 6 heteroatoms. The molecule has 0 fully saturated rings. The number of nitrogens with zero attached hydrogens (tertiary/aromatic N) is 6. The Morgan fingerprint density at radius 1 is 0.321 bits per heavy atom. The number of rotatable bonds is 6. The monoisotopic (exact) mass is 716 g/mol. The van der Waals surface area contributed by atoms with Gasteiger partial charge < -0.3 is 9.13 Å². The van der Waals surface area contributed by atoms with Gasteiger partial charge in [0.1, 0.15) is 0 Å². The molecular formula is C50H32N6. The minimum Gasteiger partial charge on any atom is -0.308 e. The van der Waals surface area contributed by atoms with E-state index >= 15 is 0 Å². The molecule has 262 valence electrons. The van der Waals surface area contributed by atoms with E-state index in [1.54, 1.807) is 12.4 Å². The molecule has 0 bridgehead atoms. The molecule has 0 atom stereocenters. The maximum atomic E-state index is 5.10. The summed E-state index contributed by atoms with van der Waals surface area (Å²) < 4.78 is 4.66. The molecule has 0 aliphatic rings. The van der Waals surface area contributed by atoms with E-state index < -0.39 is 0 Å². The molecule has 0 saturated heterocycles. The van der Waals surface area contributed by atoms with Gasteiger partial charge in [-0.1, -0.05) is 103 Å². The summed E-state index contributed by atoms with van der Waals surface area (Å²) >= 11 is 0. The molecule has 6 aromatic heterocycles.